The molecule has 8 nitrogen and oxygen atoms in total. The fraction of sp³-hybridized carbons (Fsp3) is 0.440. The quantitative estimate of drug-likeness (QED) is 0.534. The zero-order valence-corrected chi connectivity index (χ0v) is 19.4. The van der Waals surface area contributed by atoms with Crippen LogP contribution in [0.25, 0.3) is 16.6 Å². The molecule has 0 aromatic carbocycles. The second kappa shape index (κ2) is 8.28. The molecular formula is C25H26FN5O3. The van der Waals surface area contributed by atoms with Crippen molar-refractivity contribution >= 4 is 11.6 Å². The van der Waals surface area contributed by atoms with E-state index in [4.69, 9.17) is 9.47 Å². The molecule has 0 N–H and O–H groups in total. The first-order valence-corrected chi connectivity index (χ1v) is 11.4. The molecule has 2 unspecified atom stereocenters. The smallest absolute Gasteiger partial charge is 0.410 e. The van der Waals surface area contributed by atoms with Crippen molar-refractivity contribution in [1.82, 2.24) is 19.5 Å². The van der Waals surface area contributed by atoms with Crippen LogP contribution in [0, 0.1) is 29.1 Å². The molecular weight excluding hydrogens is 437 g/mol. The van der Waals surface area contributed by atoms with Gasteiger partial charge in [0.2, 0.25) is 5.95 Å². The highest BCUT2D eigenvalue weighted by atomic mass is 19.1. The Bertz CT molecular complexity index is 1260. The van der Waals surface area contributed by atoms with Crippen LogP contribution in [-0.2, 0) is 4.74 Å². The summed E-state index contributed by atoms with van der Waals surface area (Å²) >= 11 is 0. The number of ether oxygens (including phenoxy) is 2. The molecule has 5 rings (SSSR count). The number of aromatic nitrogens is 3. The Labute approximate surface area is 196 Å². The van der Waals surface area contributed by atoms with Crippen molar-refractivity contribution in [2.24, 2.45) is 11.8 Å². The van der Waals surface area contributed by atoms with E-state index in [1.165, 1.54) is 18.5 Å². The summed E-state index contributed by atoms with van der Waals surface area (Å²) in [4.78, 5) is 18.0. The minimum absolute atomic E-state index is 0.0124. The van der Waals surface area contributed by atoms with Crippen molar-refractivity contribution in [3.05, 3.63) is 48.3 Å². The summed E-state index contributed by atoms with van der Waals surface area (Å²) in [5.74, 6) is 0.793. The second-order valence-corrected chi connectivity index (χ2v) is 10.0. The number of halogens is 1. The van der Waals surface area contributed by atoms with Crippen LogP contribution in [0.15, 0.2) is 36.8 Å². The fourth-order valence-electron chi connectivity index (χ4n) is 5.01. The monoisotopic (exact) mass is 463 g/mol. The summed E-state index contributed by atoms with van der Waals surface area (Å²) in [5.41, 5.74) is 1.91. The number of hydrogen-bond acceptors (Lipinski definition) is 6. The van der Waals surface area contributed by atoms with Gasteiger partial charge in [0.15, 0.2) is 0 Å². The molecule has 34 heavy (non-hydrogen) atoms. The van der Waals surface area contributed by atoms with E-state index in [9.17, 15) is 14.4 Å². The predicted octanol–water partition coefficient (Wildman–Crippen LogP) is 4.43. The second-order valence-electron chi connectivity index (χ2n) is 10.0. The van der Waals surface area contributed by atoms with Crippen molar-refractivity contribution in [1.29, 1.82) is 5.26 Å². The summed E-state index contributed by atoms with van der Waals surface area (Å²) in [6.07, 6.45) is 6.15. The van der Waals surface area contributed by atoms with Gasteiger partial charge in [0.25, 0.3) is 0 Å². The molecule has 3 aromatic heterocycles. The first-order valence-electron chi connectivity index (χ1n) is 11.4. The van der Waals surface area contributed by atoms with Crippen molar-refractivity contribution in [3.63, 3.8) is 0 Å². The summed E-state index contributed by atoms with van der Waals surface area (Å²) < 4.78 is 26.9. The van der Waals surface area contributed by atoms with Crippen LogP contribution in [-0.4, -0.2) is 50.4 Å². The lowest BCUT2D eigenvalue weighted by Gasteiger charge is -2.25. The van der Waals surface area contributed by atoms with Gasteiger partial charge in [-0.25, -0.2) is 14.3 Å². The number of carbonyl (C=O) groups excluding carboxylic acids is 1. The van der Waals surface area contributed by atoms with Crippen LogP contribution >= 0.6 is 0 Å². The number of nitrogens with zero attached hydrogens (tertiary/aromatic N) is 5. The highest BCUT2D eigenvalue weighted by Crippen LogP contribution is 2.41. The average Bonchev–Trinajstić information content (AvgIpc) is 3.45. The number of fused-ring (bicyclic) bond motifs is 2. The van der Waals surface area contributed by atoms with Gasteiger partial charge >= 0.3 is 6.09 Å². The van der Waals surface area contributed by atoms with Crippen molar-refractivity contribution in [2.75, 3.05) is 13.1 Å². The Kier molecular flexibility index (Phi) is 5.39. The van der Waals surface area contributed by atoms with Gasteiger partial charge < -0.3 is 14.4 Å². The maximum Gasteiger partial charge on any atom is 0.410 e. The number of pyridine rings is 2. The summed E-state index contributed by atoms with van der Waals surface area (Å²) in [7, 11) is 0. The minimum atomic E-state index is -0.570. The molecule has 0 radical (unpaired) electrons. The highest BCUT2D eigenvalue weighted by Gasteiger charge is 2.44. The predicted molar refractivity (Wildman–Crippen MR) is 122 cm³/mol. The van der Waals surface area contributed by atoms with Gasteiger partial charge in [-0.1, -0.05) is 0 Å². The number of amides is 1. The molecule has 9 heteroatoms. The highest BCUT2D eigenvalue weighted by molar-refractivity contribution is 5.84. The van der Waals surface area contributed by atoms with Crippen LogP contribution in [0.4, 0.5) is 9.18 Å². The Balaban J connectivity index is 1.34. The summed E-state index contributed by atoms with van der Waals surface area (Å²) in [6, 6.07) is 6.93. The molecule has 1 saturated carbocycles. The van der Waals surface area contributed by atoms with E-state index in [-0.39, 0.29) is 12.2 Å². The van der Waals surface area contributed by atoms with Crippen molar-refractivity contribution in [2.45, 2.75) is 45.3 Å². The maximum atomic E-state index is 13.4. The molecule has 2 atom stereocenters. The van der Waals surface area contributed by atoms with Crippen LogP contribution in [0.1, 0.15) is 39.2 Å². The van der Waals surface area contributed by atoms with Crippen LogP contribution in [0.3, 0.4) is 0 Å². The molecule has 3 aromatic rings. The van der Waals surface area contributed by atoms with Gasteiger partial charge in [0.1, 0.15) is 17.4 Å². The molecule has 2 aliphatic rings. The molecule has 1 aliphatic heterocycles. The molecule has 1 aliphatic carbocycles. The Morgan fingerprint density at radius 3 is 2.56 bits per heavy atom. The Morgan fingerprint density at radius 2 is 1.94 bits per heavy atom. The lowest BCUT2D eigenvalue weighted by Crippen LogP contribution is -2.36. The lowest BCUT2D eigenvalue weighted by atomic mass is 10.0. The first kappa shape index (κ1) is 22.1. The van der Waals surface area contributed by atoms with E-state index in [1.54, 1.807) is 21.7 Å². The lowest BCUT2D eigenvalue weighted by molar-refractivity contribution is 0.0272. The van der Waals surface area contributed by atoms with E-state index in [0.29, 0.717) is 52.9 Å². The van der Waals surface area contributed by atoms with E-state index >= 15 is 0 Å². The van der Waals surface area contributed by atoms with Crippen LogP contribution < -0.4 is 4.74 Å². The standard InChI is InChI=1S/C25H26FN5O3/c1-25(2,3)34-24(32)30-12-16-6-19(7-17(16)13-30)33-20-8-21(15-4-5-22(26)28-10-15)23-18(9-27)11-29-31(23)14-20/h4-5,8,10-11,14,16-17,19H,6-7,12-13H2,1-3H3. The Morgan fingerprint density at radius 1 is 1.21 bits per heavy atom. The number of likely N-dealkylation sites (tertiary alicyclic amines) is 1. The first-order chi connectivity index (χ1) is 16.2. The van der Waals surface area contributed by atoms with E-state index in [2.05, 4.69) is 16.2 Å². The minimum Gasteiger partial charge on any atom is -0.489 e. The molecule has 1 saturated heterocycles. The molecule has 4 heterocycles. The van der Waals surface area contributed by atoms with E-state index < -0.39 is 11.5 Å². The van der Waals surface area contributed by atoms with Gasteiger partial charge in [-0.05, 0) is 63.6 Å². The third-order valence-electron chi connectivity index (χ3n) is 6.41. The number of nitriles is 1. The van der Waals surface area contributed by atoms with E-state index in [1.807, 2.05) is 26.8 Å². The van der Waals surface area contributed by atoms with Crippen molar-refractivity contribution in [3.8, 4) is 22.9 Å². The van der Waals surface area contributed by atoms with Gasteiger partial charge in [0, 0.05) is 30.4 Å². The zero-order valence-electron chi connectivity index (χ0n) is 19.4. The van der Waals surface area contributed by atoms with Gasteiger partial charge in [-0.15, -0.1) is 0 Å². The number of rotatable bonds is 3. The topological polar surface area (TPSA) is 92.7 Å². The maximum absolute atomic E-state index is 13.4. The Hall–Kier alpha value is -3.67. The van der Waals surface area contributed by atoms with E-state index in [0.717, 1.165) is 12.8 Å². The zero-order chi connectivity index (χ0) is 24.0. The van der Waals surface area contributed by atoms with Gasteiger partial charge in [-0.2, -0.15) is 14.8 Å². The number of hydrogen-bond donors (Lipinski definition) is 0. The third kappa shape index (κ3) is 4.28. The number of carbonyl (C=O) groups is 1. The molecule has 0 spiro atoms. The molecule has 1 amide bonds. The van der Waals surface area contributed by atoms with Gasteiger partial charge in [0.05, 0.1) is 29.6 Å². The summed E-state index contributed by atoms with van der Waals surface area (Å²) in [6.45, 7) is 6.97. The van der Waals surface area contributed by atoms with Crippen LogP contribution in [0.5, 0.6) is 5.75 Å². The van der Waals surface area contributed by atoms with Crippen molar-refractivity contribution < 1.29 is 18.7 Å². The third-order valence-corrected chi connectivity index (χ3v) is 6.41. The fourth-order valence-corrected chi connectivity index (χ4v) is 5.01. The SMILES string of the molecule is CC(C)(C)OC(=O)N1CC2CC(Oc3cc(-c4ccc(F)nc4)c4c(C#N)cnn4c3)CC2C1. The average molecular weight is 464 g/mol. The van der Waals surface area contributed by atoms with Crippen LogP contribution in [0.2, 0.25) is 0 Å². The molecule has 176 valence electrons. The largest absolute Gasteiger partial charge is 0.489 e. The van der Waals surface area contributed by atoms with Gasteiger partial charge in [-0.3, -0.25) is 0 Å². The molecule has 2 fully saturated rings. The molecule has 0 bridgehead atoms. The summed E-state index contributed by atoms with van der Waals surface area (Å²) in [5, 5.41) is 13.8. The normalized spacial score (nSPS) is 22.0.